The Morgan fingerprint density at radius 2 is 1.76 bits per heavy atom. The highest BCUT2D eigenvalue weighted by atomic mass is 16.6. The predicted molar refractivity (Wildman–Crippen MR) is 155 cm³/mol. The summed E-state index contributed by atoms with van der Waals surface area (Å²) in [5.74, 6) is 0.162. The van der Waals surface area contributed by atoms with Gasteiger partial charge in [0.05, 0.1) is 24.9 Å². The molecule has 1 aliphatic rings. The monoisotopic (exact) mass is 556 g/mol. The maximum absolute atomic E-state index is 13.3. The van der Waals surface area contributed by atoms with Gasteiger partial charge in [-0.25, -0.2) is 9.59 Å². The Labute approximate surface area is 240 Å². The zero-order valence-corrected chi connectivity index (χ0v) is 23.9. The molecule has 1 aromatic heterocycles. The smallest absolute Gasteiger partial charge is 0.410 e. The summed E-state index contributed by atoms with van der Waals surface area (Å²) in [6, 6.07) is 21.3. The number of rotatable bonds is 7. The van der Waals surface area contributed by atoms with Crippen molar-refractivity contribution in [3.63, 3.8) is 0 Å². The van der Waals surface area contributed by atoms with Crippen molar-refractivity contribution >= 4 is 22.8 Å². The molecule has 1 fully saturated rings. The summed E-state index contributed by atoms with van der Waals surface area (Å²) >= 11 is 0. The van der Waals surface area contributed by atoms with Gasteiger partial charge in [-0.2, -0.15) is 0 Å². The quantitative estimate of drug-likeness (QED) is 0.272. The molecule has 0 aliphatic carbocycles. The van der Waals surface area contributed by atoms with E-state index in [0.717, 1.165) is 34.2 Å². The van der Waals surface area contributed by atoms with Crippen LogP contribution in [0.25, 0.3) is 10.8 Å². The number of aromatic nitrogens is 3. The minimum Gasteiger partial charge on any atom is -0.497 e. The van der Waals surface area contributed by atoms with Gasteiger partial charge in [-0.1, -0.05) is 47.7 Å². The topological polar surface area (TPSA) is 95.8 Å². The molecule has 0 bridgehead atoms. The standard InChI is InChI=1S/C32H36N4O5/c1-32(2,3)41-31(38)35-17-16-27(28-20-36(34-33-28)18-15-22-9-13-26(39-4)14-10-22)29(21-35)40-30(37)25-12-11-23-7-5-6-8-24(23)19-25/h5-14,19-20,27,29H,15-18,21H2,1-4H3/t27-,29+/m0/s1. The summed E-state index contributed by atoms with van der Waals surface area (Å²) in [4.78, 5) is 27.8. The minimum atomic E-state index is -0.627. The van der Waals surface area contributed by atoms with Gasteiger partial charge in [0.15, 0.2) is 0 Å². The van der Waals surface area contributed by atoms with Crippen LogP contribution < -0.4 is 4.74 Å². The minimum absolute atomic E-state index is 0.206. The van der Waals surface area contributed by atoms with E-state index in [2.05, 4.69) is 10.3 Å². The van der Waals surface area contributed by atoms with Crippen molar-refractivity contribution in [2.24, 2.45) is 0 Å². The summed E-state index contributed by atoms with van der Waals surface area (Å²) in [7, 11) is 1.65. The Kier molecular flexibility index (Phi) is 8.23. The fourth-order valence-electron chi connectivity index (χ4n) is 5.02. The Morgan fingerprint density at radius 3 is 2.49 bits per heavy atom. The molecule has 0 unspecified atom stereocenters. The molecule has 2 atom stereocenters. The second-order valence-electron chi connectivity index (χ2n) is 11.3. The van der Waals surface area contributed by atoms with E-state index in [1.807, 2.05) is 92.3 Å². The van der Waals surface area contributed by atoms with Crippen molar-refractivity contribution < 1.29 is 23.8 Å². The van der Waals surface area contributed by atoms with Gasteiger partial charge >= 0.3 is 12.1 Å². The molecule has 1 aliphatic heterocycles. The second-order valence-corrected chi connectivity index (χ2v) is 11.3. The first-order chi connectivity index (χ1) is 19.7. The number of ether oxygens (including phenoxy) is 3. The van der Waals surface area contributed by atoms with Crippen LogP contribution in [0, 0.1) is 0 Å². The number of aryl methyl sites for hydroxylation is 2. The maximum Gasteiger partial charge on any atom is 0.410 e. The highest BCUT2D eigenvalue weighted by Gasteiger charge is 2.38. The highest BCUT2D eigenvalue weighted by Crippen LogP contribution is 2.31. The van der Waals surface area contributed by atoms with Gasteiger partial charge in [0.25, 0.3) is 0 Å². The molecule has 41 heavy (non-hydrogen) atoms. The molecule has 1 amide bonds. The van der Waals surface area contributed by atoms with Crippen LogP contribution in [0.3, 0.4) is 0 Å². The summed E-state index contributed by atoms with van der Waals surface area (Å²) in [5, 5.41) is 10.8. The van der Waals surface area contributed by atoms with Crippen molar-refractivity contribution in [2.45, 2.75) is 57.8 Å². The van der Waals surface area contributed by atoms with E-state index in [9.17, 15) is 9.59 Å². The maximum atomic E-state index is 13.3. The van der Waals surface area contributed by atoms with E-state index >= 15 is 0 Å². The number of carbonyl (C=O) groups excluding carboxylic acids is 2. The Balaban J connectivity index is 1.32. The first-order valence-electron chi connectivity index (χ1n) is 13.9. The van der Waals surface area contributed by atoms with Gasteiger partial charge < -0.3 is 19.1 Å². The van der Waals surface area contributed by atoms with Gasteiger partial charge in [0.1, 0.15) is 17.5 Å². The zero-order valence-electron chi connectivity index (χ0n) is 23.9. The van der Waals surface area contributed by atoms with Crippen LogP contribution in [0.15, 0.2) is 72.9 Å². The van der Waals surface area contributed by atoms with Crippen LogP contribution in [-0.2, 0) is 22.4 Å². The molecule has 0 N–H and O–H groups in total. The van der Waals surface area contributed by atoms with Gasteiger partial charge in [-0.15, -0.1) is 5.10 Å². The van der Waals surface area contributed by atoms with Crippen molar-refractivity contribution in [3.8, 4) is 5.75 Å². The average molecular weight is 557 g/mol. The molecule has 1 saturated heterocycles. The first-order valence-corrected chi connectivity index (χ1v) is 13.9. The van der Waals surface area contributed by atoms with Gasteiger partial charge in [0, 0.05) is 25.2 Å². The van der Waals surface area contributed by atoms with Crippen LogP contribution >= 0.6 is 0 Å². The number of benzene rings is 3. The number of likely N-dealkylation sites (tertiary alicyclic amines) is 1. The third kappa shape index (κ3) is 7.03. The van der Waals surface area contributed by atoms with Crippen LogP contribution in [0.2, 0.25) is 0 Å². The number of amides is 1. The SMILES string of the molecule is COc1ccc(CCn2cc([C@@H]3CCN(C(=O)OC(C)(C)C)C[C@H]3OC(=O)c3ccc4ccccc4c3)nn2)cc1. The molecule has 0 saturated carbocycles. The third-order valence-electron chi connectivity index (χ3n) is 7.18. The Hall–Kier alpha value is -4.40. The number of esters is 1. The largest absolute Gasteiger partial charge is 0.497 e. The first kappa shape index (κ1) is 28.1. The Morgan fingerprint density at radius 1 is 1.00 bits per heavy atom. The second kappa shape index (κ2) is 12.0. The fraction of sp³-hybridized carbons (Fsp3) is 0.375. The van der Waals surface area contributed by atoms with E-state index in [4.69, 9.17) is 14.2 Å². The molecular weight excluding hydrogens is 520 g/mol. The number of hydrogen-bond acceptors (Lipinski definition) is 7. The molecule has 9 heteroatoms. The number of methoxy groups -OCH3 is 1. The third-order valence-corrected chi connectivity index (χ3v) is 7.18. The van der Waals surface area contributed by atoms with Crippen molar-refractivity contribution in [1.29, 1.82) is 0 Å². The van der Waals surface area contributed by atoms with Crippen molar-refractivity contribution in [2.75, 3.05) is 20.2 Å². The fourth-order valence-corrected chi connectivity index (χ4v) is 5.02. The van der Waals surface area contributed by atoms with Gasteiger partial charge in [-0.05, 0) is 74.2 Å². The average Bonchev–Trinajstić information content (AvgIpc) is 3.44. The van der Waals surface area contributed by atoms with E-state index in [1.165, 1.54) is 0 Å². The van der Waals surface area contributed by atoms with E-state index in [1.54, 1.807) is 18.1 Å². The molecule has 0 spiro atoms. The lowest BCUT2D eigenvalue weighted by Gasteiger charge is -2.37. The number of piperidine rings is 1. The lowest BCUT2D eigenvalue weighted by atomic mass is 9.91. The molecule has 4 aromatic rings. The normalized spacial score (nSPS) is 17.3. The molecule has 2 heterocycles. The number of nitrogens with zero attached hydrogens (tertiary/aromatic N) is 4. The number of fused-ring (bicyclic) bond motifs is 1. The highest BCUT2D eigenvalue weighted by molar-refractivity contribution is 5.95. The molecule has 5 rings (SSSR count). The summed E-state index contributed by atoms with van der Waals surface area (Å²) in [6.45, 7) is 6.81. The molecule has 214 valence electrons. The molecule has 0 radical (unpaired) electrons. The van der Waals surface area contributed by atoms with E-state index in [-0.39, 0.29) is 12.5 Å². The summed E-state index contributed by atoms with van der Waals surface area (Å²) < 4.78 is 18.7. The van der Waals surface area contributed by atoms with Crippen molar-refractivity contribution in [3.05, 3.63) is 89.7 Å². The molecule has 9 nitrogen and oxygen atoms in total. The number of carbonyl (C=O) groups is 2. The predicted octanol–water partition coefficient (Wildman–Crippen LogP) is 5.63. The van der Waals surface area contributed by atoms with Gasteiger partial charge in [-0.3, -0.25) is 4.68 Å². The lowest BCUT2D eigenvalue weighted by Crippen LogP contribution is -2.49. The van der Waals surface area contributed by atoms with Crippen LogP contribution in [0.5, 0.6) is 5.75 Å². The van der Waals surface area contributed by atoms with E-state index in [0.29, 0.717) is 25.1 Å². The summed E-state index contributed by atoms with van der Waals surface area (Å²) in [5.41, 5.74) is 1.73. The van der Waals surface area contributed by atoms with Crippen molar-refractivity contribution in [1.82, 2.24) is 19.9 Å². The van der Waals surface area contributed by atoms with Crippen LogP contribution in [0.4, 0.5) is 4.79 Å². The van der Waals surface area contributed by atoms with E-state index < -0.39 is 23.8 Å². The van der Waals surface area contributed by atoms with Gasteiger partial charge in [0.2, 0.25) is 0 Å². The number of hydrogen-bond donors (Lipinski definition) is 0. The van der Waals surface area contributed by atoms with Crippen LogP contribution in [-0.4, -0.2) is 63.9 Å². The molecule has 3 aromatic carbocycles. The van der Waals surface area contributed by atoms with Crippen LogP contribution in [0.1, 0.15) is 54.7 Å². The Bertz CT molecular complexity index is 1510. The summed E-state index contributed by atoms with van der Waals surface area (Å²) in [6.07, 6.45) is 2.22. The molecular formula is C32H36N4O5. The zero-order chi connectivity index (χ0) is 29.0. The lowest BCUT2D eigenvalue weighted by molar-refractivity contribution is -0.0186.